The molecule has 1 saturated carbocycles. The van der Waals surface area contributed by atoms with Crippen molar-refractivity contribution in [3.05, 3.63) is 47.6 Å². The molecule has 1 aliphatic rings. The lowest BCUT2D eigenvalue weighted by Crippen LogP contribution is -2.29. The van der Waals surface area contributed by atoms with Crippen LogP contribution in [0.3, 0.4) is 0 Å². The van der Waals surface area contributed by atoms with E-state index in [0.717, 1.165) is 24.9 Å². The zero-order valence-electron chi connectivity index (χ0n) is 13.2. The number of hydrogen-bond acceptors (Lipinski definition) is 4. The van der Waals surface area contributed by atoms with Gasteiger partial charge >= 0.3 is 0 Å². The predicted molar refractivity (Wildman–Crippen MR) is 94.3 cm³/mol. The van der Waals surface area contributed by atoms with Crippen molar-refractivity contribution < 1.29 is 9.53 Å². The Morgan fingerprint density at radius 3 is 2.71 bits per heavy atom. The van der Waals surface area contributed by atoms with Crippen LogP contribution in [0.5, 0.6) is 11.6 Å². The average Bonchev–Trinajstić information content (AvgIpc) is 3.07. The molecule has 5 nitrogen and oxygen atoms in total. The van der Waals surface area contributed by atoms with Crippen molar-refractivity contribution in [2.24, 2.45) is 17.6 Å². The van der Waals surface area contributed by atoms with Crippen LogP contribution in [0.15, 0.2) is 42.6 Å². The van der Waals surface area contributed by atoms with Crippen molar-refractivity contribution in [3.63, 3.8) is 0 Å². The molecule has 2 aromatic rings. The van der Waals surface area contributed by atoms with Crippen molar-refractivity contribution in [3.8, 4) is 11.6 Å². The number of carbonyl (C=O) groups is 1. The maximum Gasteiger partial charge on any atom is 0.227 e. The Morgan fingerprint density at radius 1 is 1.25 bits per heavy atom. The molecule has 3 rings (SSSR count). The van der Waals surface area contributed by atoms with Gasteiger partial charge in [-0.15, -0.1) is 0 Å². The highest BCUT2D eigenvalue weighted by Crippen LogP contribution is 2.32. The number of amides is 1. The van der Waals surface area contributed by atoms with E-state index in [1.807, 2.05) is 12.1 Å². The van der Waals surface area contributed by atoms with E-state index in [9.17, 15) is 4.79 Å². The average molecular weight is 346 g/mol. The van der Waals surface area contributed by atoms with Gasteiger partial charge in [-0.05, 0) is 55.6 Å². The van der Waals surface area contributed by atoms with Gasteiger partial charge in [0.15, 0.2) is 0 Å². The van der Waals surface area contributed by atoms with E-state index in [-0.39, 0.29) is 11.8 Å². The first kappa shape index (κ1) is 16.7. The van der Waals surface area contributed by atoms with Crippen molar-refractivity contribution in [1.29, 1.82) is 0 Å². The number of pyridine rings is 1. The van der Waals surface area contributed by atoms with Gasteiger partial charge in [-0.3, -0.25) is 4.79 Å². The van der Waals surface area contributed by atoms with Gasteiger partial charge in [0.2, 0.25) is 11.8 Å². The second-order valence-corrected chi connectivity index (χ2v) is 6.40. The summed E-state index contributed by atoms with van der Waals surface area (Å²) >= 11 is 5.79. The van der Waals surface area contributed by atoms with Gasteiger partial charge in [0, 0.05) is 23.9 Å². The third-order valence-electron chi connectivity index (χ3n) is 4.34. The maximum absolute atomic E-state index is 12.4. The van der Waals surface area contributed by atoms with E-state index in [1.165, 1.54) is 6.20 Å². The van der Waals surface area contributed by atoms with Crippen molar-refractivity contribution in [2.45, 2.75) is 19.3 Å². The van der Waals surface area contributed by atoms with E-state index in [4.69, 9.17) is 22.1 Å². The molecule has 2 atom stereocenters. The SMILES string of the molecule is NC[C@H]1CCC[C@H]1C(=O)Nc1ccc(Oc2ccc(Cl)cn2)cc1. The van der Waals surface area contributed by atoms with Gasteiger partial charge in [0.25, 0.3) is 0 Å². The Labute approximate surface area is 146 Å². The molecule has 1 aliphatic carbocycles. The van der Waals surface area contributed by atoms with Gasteiger partial charge in [-0.1, -0.05) is 18.0 Å². The van der Waals surface area contributed by atoms with Crippen LogP contribution in [0.25, 0.3) is 0 Å². The number of carbonyl (C=O) groups excluding carboxylic acids is 1. The Kier molecular flexibility index (Phi) is 5.33. The highest BCUT2D eigenvalue weighted by Gasteiger charge is 2.31. The minimum absolute atomic E-state index is 0.0178. The Balaban J connectivity index is 1.60. The molecule has 0 spiro atoms. The minimum atomic E-state index is 0.0178. The molecule has 0 saturated heterocycles. The van der Waals surface area contributed by atoms with Crippen LogP contribution >= 0.6 is 11.6 Å². The number of hydrogen-bond donors (Lipinski definition) is 2. The summed E-state index contributed by atoms with van der Waals surface area (Å²) in [6.45, 7) is 0.568. The first-order chi connectivity index (χ1) is 11.7. The normalized spacial score (nSPS) is 19.9. The van der Waals surface area contributed by atoms with Crippen molar-refractivity contribution in [1.82, 2.24) is 4.98 Å². The van der Waals surface area contributed by atoms with Crippen LogP contribution in [-0.4, -0.2) is 17.4 Å². The summed E-state index contributed by atoms with van der Waals surface area (Å²) in [6.07, 6.45) is 4.55. The van der Waals surface area contributed by atoms with Gasteiger partial charge in [-0.2, -0.15) is 0 Å². The standard InChI is InChI=1S/C18H20ClN3O2/c19-13-4-9-17(21-11-13)24-15-7-5-14(6-8-15)22-18(23)16-3-1-2-12(16)10-20/h4-9,11-12,16H,1-3,10,20H2,(H,22,23)/t12-,16-/m1/s1. The summed E-state index contributed by atoms with van der Waals surface area (Å²) in [4.78, 5) is 16.5. The highest BCUT2D eigenvalue weighted by molar-refractivity contribution is 6.30. The number of nitrogens with two attached hydrogens (primary N) is 1. The Hall–Kier alpha value is -2.11. The van der Waals surface area contributed by atoms with E-state index in [0.29, 0.717) is 29.1 Å². The molecule has 1 fully saturated rings. The van der Waals surface area contributed by atoms with E-state index < -0.39 is 0 Å². The van der Waals surface area contributed by atoms with Crippen LogP contribution in [0.4, 0.5) is 5.69 Å². The topological polar surface area (TPSA) is 77.2 Å². The highest BCUT2D eigenvalue weighted by atomic mass is 35.5. The Bertz CT molecular complexity index is 688. The lowest BCUT2D eigenvalue weighted by Gasteiger charge is -2.17. The smallest absolute Gasteiger partial charge is 0.227 e. The summed E-state index contributed by atoms with van der Waals surface area (Å²) in [6, 6.07) is 10.6. The van der Waals surface area contributed by atoms with Crippen LogP contribution in [0.2, 0.25) is 5.02 Å². The van der Waals surface area contributed by atoms with Crippen LogP contribution in [-0.2, 0) is 4.79 Å². The number of aromatic nitrogens is 1. The number of anilines is 1. The molecule has 1 aromatic heterocycles. The minimum Gasteiger partial charge on any atom is -0.439 e. The van der Waals surface area contributed by atoms with E-state index in [1.54, 1.807) is 24.3 Å². The fourth-order valence-electron chi connectivity index (χ4n) is 3.05. The first-order valence-electron chi connectivity index (χ1n) is 8.06. The van der Waals surface area contributed by atoms with Gasteiger partial charge in [0.05, 0.1) is 5.02 Å². The van der Waals surface area contributed by atoms with E-state index in [2.05, 4.69) is 10.3 Å². The van der Waals surface area contributed by atoms with Crippen LogP contribution in [0, 0.1) is 11.8 Å². The zero-order chi connectivity index (χ0) is 16.9. The summed E-state index contributed by atoms with van der Waals surface area (Å²) in [5, 5.41) is 3.52. The van der Waals surface area contributed by atoms with Gasteiger partial charge in [-0.25, -0.2) is 4.98 Å². The largest absolute Gasteiger partial charge is 0.439 e. The number of benzene rings is 1. The molecular weight excluding hydrogens is 326 g/mol. The number of nitrogens with one attached hydrogen (secondary N) is 1. The fourth-order valence-corrected chi connectivity index (χ4v) is 3.16. The molecule has 1 aromatic carbocycles. The second-order valence-electron chi connectivity index (χ2n) is 5.96. The number of halogens is 1. The van der Waals surface area contributed by atoms with Crippen molar-refractivity contribution in [2.75, 3.05) is 11.9 Å². The number of rotatable bonds is 5. The molecule has 0 aliphatic heterocycles. The number of ether oxygens (including phenoxy) is 1. The summed E-state index contributed by atoms with van der Waals surface area (Å²) in [5.74, 6) is 1.47. The fraction of sp³-hybridized carbons (Fsp3) is 0.333. The Morgan fingerprint density at radius 2 is 2.04 bits per heavy atom. The van der Waals surface area contributed by atoms with E-state index >= 15 is 0 Å². The molecule has 0 bridgehead atoms. The molecular formula is C18H20ClN3O2. The molecule has 1 heterocycles. The quantitative estimate of drug-likeness (QED) is 0.863. The summed E-state index contributed by atoms with van der Waals surface area (Å²) in [7, 11) is 0. The molecule has 0 radical (unpaired) electrons. The second kappa shape index (κ2) is 7.64. The number of nitrogens with zero attached hydrogens (tertiary/aromatic N) is 1. The molecule has 3 N–H and O–H groups in total. The maximum atomic E-state index is 12.4. The lowest BCUT2D eigenvalue weighted by molar-refractivity contribution is -0.120. The van der Waals surface area contributed by atoms with Gasteiger partial charge < -0.3 is 15.8 Å². The molecule has 0 unspecified atom stereocenters. The lowest BCUT2D eigenvalue weighted by atomic mass is 9.95. The summed E-state index contributed by atoms with van der Waals surface area (Å²) in [5.41, 5.74) is 6.50. The predicted octanol–water partition coefficient (Wildman–Crippen LogP) is 3.84. The van der Waals surface area contributed by atoms with Gasteiger partial charge in [0.1, 0.15) is 5.75 Å². The third kappa shape index (κ3) is 4.04. The molecule has 126 valence electrons. The summed E-state index contributed by atoms with van der Waals surface area (Å²) < 4.78 is 5.63. The molecule has 1 amide bonds. The third-order valence-corrected chi connectivity index (χ3v) is 4.57. The molecule has 24 heavy (non-hydrogen) atoms. The van der Waals surface area contributed by atoms with Crippen molar-refractivity contribution >= 4 is 23.2 Å². The monoisotopic (exact) mass is 345 g/mol. The molecule has 6 heteroatoms. The zero-order valence-corrected chi connectivity index (χ0v) is 14.0. The first-order valence-corrected chi connectivity index (χ1v) is 8.44. The van der Waals surface area contributed by atoms with Crippen LogP contribution < -0.4 is 15.8 Å². The van der Waals surface area contributed by atoms with Crippen LogP contribution in [0.1, 0.15) is 19.3 Å².